The number of unbranched alkanes of at least 4 members (excludes halogenated alkanes) is 1. The minimum atomic E-state index is 0.822. The molecule has 0 bridgehead atoms. The smallest absolute Gasteiger partial charge is 0.0638 e. The Morgan fingerprint density at radius 1 is 1.29 bits per heavy atom. The van der Waals surface area contributed by atoms with Crippen LogP contribution in [0.15, 0.2) is 0 Å². The number of H-pyrrole nitrogens is 1. The van der Waals surface area contributed by atoms with Crippen LogP contribution in [0.4, 0.5) is 0 Å². The second-order valence-electron chi connectivity index (χ2n) is 4.96. The van der Waals surface area contributed by atoms with E-state index in [2.05, 4.69) is 43.2 Å². The summed E-state index contributed by atoms with van der Waals surface area (Å²) in [7, 11) is 0. The van der Waals surface area contributed by atoms with Crippen LogP contribution in [-0.2, 0) is 6.54 Å². The lowest BCUT2D eigenvalue weighted by atomic mass is 9.99. The largest absolute Gasteiger partial charge is 0.312 e. The van der Waals surface area contributed by atoms with Gasteiger partial charge < -0.3 is 5.32 Å². The third-order valence-electron chi connectivity index (χ3n) is 3.56. The molecule has 1 aromatic heterocycles. The number of hydrogen-bond acceptors (Lipinski definition) is 2. The normalized spacial score (nSPS) is 12.9. The van der Waals surface area contributed by atoms with Gasteiger partial charge in [0, 0.05) is 17.8 Å². The molecule has 0 saturated heterocycles. The van der Waals surface area contributed by atoms with E-state index in [9.17, 15) is 0 Å². The molecule has 0 aromatic carbocycles. The summed E-state index contributed by atoms with van der Waals surface area (Å²) in [5.74, 6) is 0.822. The summed E-state index contributed by atoms with van der Waals surface area (Å²) in [4.78, 5) is 0. The van der Waals surface area contributed by atoms with Crippen molar-refractivity contribution in [2.45, 2.75) is 59.9 Å². The van der Waals surface area contributed by atoms with Crippen molar-refractivity contribution in [1.82, 2.24) is 15.5 Å². The highest BCUT2D eigenvalue weighted by molar-refractivity contribution is 5.22. The predicted molar refractivity (Wildman–Crippen MR) is 73.1 cm³/mol. The first-order valence-electron chi connectivity index (χ1n) is 6.90. The molecule has 0 radical (unpaired) electrons. The number of rotatable bonds is 8. The molecule has 3 heteroatoms. The summed E-state index contributed by atoms with van der Waals surface area (Å²) < 4.78 is 0. The number of nitrogens with one attached hydrogen (secondary N) is 2. The highest BCUT2D eigenvalue weighted by Gasteiger charge is 2.08. The molecule has 17 heavy (non-hydrogen) atoms. The maximum Gasteiger partial charge on any atom is 0.0638 e. The monoisotopic (exact) mass is 237 g/mol. The van der Waals surface area contributed by atoms with Crippen LogP contribution in [0.3, 0.4) is 0 Å². The average molecular weight is 237 g/mol. The van der Waals surface area contributed by atoms with Crippen LogP contribution in [0.25, 0.3) is 0 Å². The maximum atomic E-state index is 4.22. The summed E-state index contributed by atoms with van der Waals surface area (Å²) in [6.45, 7) is 10.8. The van der Waals surface area contributed by atoms with Crippen LogP contribution >= 0.6 is 0 Å². The zero-order valence-electron chi connectivity index (χ0n) is 11.8. The van der Waals surface area contributed by atoms with Gasteiger partial charge in [0.05, 0.1) is 5.69 Å². The zero-order valence-corrected chi connectivity index (χ0v) is 11.8. The van der Waals surface area contributed by atoms with Crippen LogP contribution in [0, 0.1) is 19.8 Å². The van der Waals surface area contributed by atoms with Crippen molar-refractivity contribution in [3.8, 4) is 0 Å². The van der Waals surface area contributed by atoms with Crippen molar-refractivity contribution in [3.05, 3.63) is 17.0 Å². The molecule has 0 aliphatic carbocycles. The lowest BCUT2D eigenvalue weighted by Crippen LogP contribution is -2.22. The van der Waals surface area contributed by atoms with Gasteiger partial charge in [-0.25, -0.2) is 0 Å². The van der Waals surface area contributed by atoms with Crippen molar-refractivity contribution in [3.63, 3.8) is 0 Å². The van der Waals surface area contributed by atoms with E-state index in [-0.39, 0.29) is 0 Å². The van der Waals surface area contributed by atoms with Gasteiger partial charge in [-0.1, -0.05) is 33.1 Å². The van der Waals surface area contributed by atoms with E-state index in [1.807, 2.05) is 0 Å². The van der Waals surface area contributed by atoms with E-state index in [1.165, 1.54) is 36.9 Å². The molecule has 2 N–H and O–H groups in total. The van der Waals surface area contributed by atoms with Gasteiger partial charge in [0.15, 0.2) is 0 Å². The van der Waals surface area contributed by atoms with E-state index >= 15 is 0 Å². The van der Waals surface area contributed by atoms with Gasteiger partial charge in [-0.2, -0.15) is 5.10 Å². The molecule has 0 fully saturated rings. The van der Waals surface area contributed by atoms with Crippen LogP contribution in [0.5, 0.6) is 0 Å². The standard InChI is InChI=1S/C14H27N3/c1-5-7-8-13(6-2)9-15-10-14-11(3)16-17-12(14)4/h13,15H,5-10H2,1-4H3,(H,16,17). The van der Waals surface area contributed by atoms with E-state index in [0.29, 0.717) is 0 Å². The summed E-state index contributed by atoms with van der Waals surface area (Å²) in [5, 5.41) is 10.8. The van der Waals surface area contributed by atoms with Gasteiger partial charge in [-0.05, 0) is 32.7 Å². The van der Waals surface area contributed by atoms with Crippen molar-refractivity contribution in [2.24, 2.45) is 5.92 Å². The van der Waals surface area contributed by atoms with Crippen LogP contribution in [0.1, 0.15) is 56.5 Å². The van der Waals surface area contributed by atoms with Gasteiger partial charge >= 0.3 is 0 Å². The topological polar surface area (TPSA) is 40.7 Å². The van der Waals surface area contributed by atoms with E-state index in [1.54, 1.807) is 0 Å². The lowest BCUT2D eigenvalue weighted by molar-refractivity contribution is 0.419. The summed E-state index contributed by atoms with van der Waals surface area (Å²) in [6.07, 6.45) is 5.28. The molecule has 0 saturated carbocycles. The maximum absolute atomic E-state index is 4.22. The zero-order chi connectivity index (χ0) is 12.7. The minimum absolute atomic E-state index is 0.822. The van der Waals surface area contributed by atoms with Gasteiger partial charge in [0.25, 0.3) is 0 Å². The molecule has 0 amide bonds. The summed E-state index contributed by atoms with van der Waals surface area (Å²) in [6, 6.07) is 0. The first-order valence-corrected chi connectivity index (χ1v) is 6.90. The highest BCUT2D eigenvalue weighted by atomic mass is 15.1. The number of nitrogens with zero attached hydrogens (tertiary/aromatic N) is 1. The molecule has 1 rings (SSSR count). The van der Waals surface area contributed by atoms with Crippen LogP contribution < -0.4 is 5.32 Å². The van der Waals surface area contributed by atoms with E-state index in [0.717, 1.165) is 24.7 Å². The third-order valence-corrected chi connectivity index (χ3v) is 3.56. The Kier molecular flexibility index (Phi) is 6.27. The Labute approximate surface area is 105 Å². The Hall–Kier alpha value is -0.830. The fourth-order valence-corrected chi connectivity index (χ4v) is 2.18. The number of aryl methyl sites for hydroxylation is 2. The Morgan fingerprint density at radius 3 is 2.59 bits per heavy atom. The molecule has 1 unspecified atom stereocenters. The molecular weight excluding hydrogens is 210 g/mol. The summed E-state index contributed by atoms with van der Waals surface area (Å²) >= 11 is 0. The summed E-state index contributed by atoms with van der Waals surface area (Å²) in [5.41, 5.74) is 3.64. The van der Waals surface area contributed by atoms with Crippen molar-refractivity contribution < 1.29 is 0 Å². The average Bonchev–Trinajstić information content (AvgIpc) is 2.64. The van der Waals surface area contributed by atoms with Gasteiger partial charge in [-0.15, -0.1) is 0 Å². The quantitative estimate of drug-likeness (QED) is 0.728. The predicted octanol–water partition coefficient (Wildman–Crippen LogP) is 3.33. The molecule has 1 aromatic rings. The van der Waals surface area contributed by atoms with Crippen molar-refractivity contribution in [1.29, 1.82) is 0 Å². The van der Waals surface area contributed by atoms with Crippen LogP contribution in [0.2, 0.25) is 0 Å². The third kappa shape index (κ3) is 4.50. The van der Waals surface area contributed by atoms with Crippen LogP contribution in [-0.4, -0.2) is 16.7 Å². The molecule has 3 nitrogen and oxygen atoms in total. The van der Waals surface area contributed by atoms with Crippen molar-refractivity contribution >= 4 is 0 Å². The lowest BCUT2D eigenvalue weighted by Gasteiger charge is -2.15. The molecule has 1 atom stereocenters. The Balaban J connectivity index is 2.31. The van der Waals surface area contributed by atoms with E-state index in [4.69, 9.17) is 0 Å². The number of aromatic amines is 1. The molecule has 0 aliphatic rings. The fourth-order valence-electron chi connectivity index (χ4n) is 2.18. The van der Waals surface area contributed by atoms with Crippen molar-refractivity contribution in [2.75, 3.05) is 6.54 Å². The SMILES string of the molecule is CCCCC(CC)CNCc1c(C)n[nH]c1C. The Morgan fingerprint density at radius 2 is 2.06 bits per heavy atom. The number of hydrogen-bond donors (Lipinski definition) is 2. The first kappa shape index (κ1) is 14.2. The molecular formula is C14H27N3. The molecule has 1 heterocycles. The fraction of sp³-hybridized carbons (Fsp3) is 0.786. The minimum Gasteiger partial charge on any atom is -0.312 e. The molecule has 98 valence electrons. The highest BCUT2D eigenvalue weighted by Crippen LogP contribution is 2.13. The second kappa shape index (κ2) is 7.49. The molecule has 0 aliphatic heterocycles. The second-order valence-corrected chi connectivity index (χ2v) is 4.96. The van der Waals surface area contributed by atoms with Gasteiger partial charge in [-0.3, -0.25) is 5.10 Å². The number of aromatic nitrogens is 2. The molecule has 0 spiro atoms. The van der Waals surface area contributed by atoms with Gasteiger partial charge in [0.1, 0.15) is 0 Å². The van der Waals surface area contributed by atoms with E-state index < -0.39 is 0 Å². The Bertz CT molecular complexity index is 298. The first-order chi connectivity index (χ1) is 8.19. The van der Waals surface area contributed by atoms with Gasteiger partial charge in [0.2, 0.25) is 0 Å².